The quantitative estimate of drug-likeness (QED) is 0.928. The molecule has 0 unspecified atom stereocenters. The Labute approximate surface area is 120 Å². The van der Waals surface area contributed by atoms with Crippen LogP contribution in [0.15, 0.2) is 22.7 Å². The van der Waals surface area contributed by atoms with Gasteiger partial charge in [-0.2, -0.15) is 0 Å². The van der Waals surface area contributed by atoms with E-state index in [1.807, 2.05) is 6.92 Å². The molecule has 6 heteroatoms. The fraction of sp³-hybridized carbons (Fsp3) is 0.231. The standard InChI is InChI=1S/C13H12Cl2N2O2/c1-3-11-12(7(2)17-19-11)13(18)16-8-4-5-9(14)10(15)6-8/h4-6H,3H2,1-2H3,(H,16,18). The summed E-state index contributed by atoms with van der Waals surface area (Å²) in [5, 5.41) is 7.37. The van der Waals surface area contributed by atoms with E-state index < -0.39 is 0 Å². The second-order valence-corrected chi connectivity index (χ2v) is 4.82. The molecule has 100 valence electrons. The maximum Gasteiger partial charge on any atom is 0.261 e. The summed E-state index contributed by atoms with van der Waals surface area (Å²) in [5.74, 6) is 0.295. The summed E-state index contributed by atoms with van der Waals surface area (Å²) in [5.41, 5.74) is 1.60. The van der Waals surface area contributed by atoms with Crippen molar-refractivity contribution in [2.24, 2.45) is 0 Å². The molecule has 1 heterocycles. The molecule has 0 fully saturated rings. The molecule has 0 atom stereocenters. The number of nitrogens with one attached hydrogen (secondary N) is 1. The first-order valence-corrected chi connectivity index (χ1v) is 6.50. The third kappa shape index (κ3) is 2.91. The summed E-state index contributed by atoms with van der Waals surface area (Å²) < 4.78 is 5.09. The van der Waals surface area contributed by atoms with E-state index in [-0.39, 0.29) is 5.91 Å². The van der Waals surface area contributed by atoms with E-state index in [4.69, 9.17) is 27.7 Å². The van der Waals surface area contributed by atoms with Crippen LogP contribution in [-0.2, 0) is 6.42 Å². The molecule has 2 rings (SSSR count). The minimum Gasteiger partial charge on any atom is -0.360 e. The fourth-order valence-corrected chi connectivity index (χ4v) is 2.01. The molecule has 0 aliphatic rings. The molecule has 0 aliphatic heterocycles. The summed E-state index contributed by atoms with van der Waals surface area (Å²) >= 11 is 11.7. The topological polar surface area (TPSA) is 55.1 Å². The second kappa shape index (κ2) is 5.63. The average Bonchev–Trinajstić information content (AvgIpc) is 2.75. The highest BCUT2D eigenvalue weighted by Gasteiger charge is 2.19. The number of halogens is 2. The minimum atomic E-state index is -0.269. The Morgan fingerprint density at radius 2 is 2.11 bits per heavy atom. The van der Waals surface area contributed by atoms with Crippen LogP contribution in [0.2, 0.25) is 10.0 Å². The van der Waals surface area contributed by atoms with Crippen molar-refractivity contribution in [3.8, 4) is 0 Å². The van der Waals surface area contributed by atoms with E-state index in [2.05, 4.69) is 10.5 Å². The molecule has 1 aromatic carbocycles. The van der Waals surface area contributed by atoms with Crippen molar-refractivity contribution in [2.75, 3.05) is 5.32 Å². The molecular weight excluding hydrogens is 287 g/mol. The van der Waals surface area contributed by atoms with Crippen LogP contribution in [0, 0.1) is 6.92 Å². The zero-order valence-electron chi connectivity index (χ0n) is 10.5. The van der Waals surface area contributed by atoms with Crippen molar-refractivity contribution >= 4 is 34.8 Å². The van der Waals surface area contributed by atoms with E-state index in [0.717, 1.165) is 0 Å². The SMILES string of the molecule is CCc1onc(C)c1C(=O)Nc1ccc(Cl)c(Cl)c1. The monoisotopic (exact) mass is 298 g/mol. The number of aromatic nitrogens is 1. The van der Waals surface area contributed by atoms with Gasteiger partial charge in [0.2, 0.25) is 0 Å². The van der Waals surface area contributed by atoms with Gasteiger partial charge in [-0.05, 0) is 25.1 Å². The van der Waals surface area contributed by atoms with Crippen LogP contribution in [0.3, 0.4) is 0 Å². The lowest BCUT2D eigenvalue weighted by molar-refractivity contribution is 0.102. The number of hydrogen-bond donors (Lipinski definition) is 1. The molecule has 0 saturated carbocycles. The van der Waals surface area contributed by atoms with Gasteiger partial charge in [0, 0.05) is 12.1 Å². The molecule has 4 nitrogen and oxygen atoms in total. The first-order chi connectivity index (χ1) is 9.02. The number of carbonyl (C=O) groups is 1. The van der Waals surface area contributed by atoms with Crippen molar-refractivity contribution in [3.05, 3.63) is 45.3 Å². The molecule has 2 aromatic rings. The Hall–Kier alpha value is -1.52. The van der Waals surface area contributed by atoms with Crippen molar-refractivity contribution in [1.29, 1.82) is 0 Å². The van der Waals surface area contributed by atoms with Gasteiger partial charge in [0.05, 0.1) is 15.7 Å². The van der Waals surface area contributed by atoms with Crippen molar-refractivity contribution in [2.45, 2.75) is 20.3 Å². The number of nitrogens with zero attached hydrogens (tertiary/aromatic N) is 1. The molecule has 1 N–H and O–H groups in total. The lowest BCUT2D eigenvalue weighted by atomic mass is 10.1. The van der Waals surface area contributed by atoms with Crippen LogP contribution in [-0.4, -0.2) is 11.1 Å². The van der Waals surface area contributed by atoms with Gasteiger partial charge in [-0.15, -0.1) is 0 Å². The van der Waals surface area contributed by atoms with Crippen LogP contribution in [0.25, 0.3) is 0 Å². The number of aryl methyl sites for hydroxylation is 2. The Morgan fingerprint density at radius 1 is 1.37 bits per heavy atom. The van der Waals surface area contributed by atoms with Crippen LogP contribution in [0.1, 0.15) is 28.7 Å². The summed E-state index contributed by atoms with van der Waals surface area (Å²) in [6.45, 7) is 3.63. The summed E-state index contributed by atoms with van der Waals surface area (Å²) in [6, 6.07) is 4.90. The van der Waals surface area contributed by atoms with Gasteiger partial charge in [-0.1, -0.05) is 35.3 Å². The molecular formula is C13H12Cl2N2O2. The highest BCUT2D eigenvalue weighted by Crippen LogP contribution is 2.25. The summed E-state index contributed by atoms with van der Waals surface area (Å²) in [6.07, 6.45) is 0.602. The molecule has 19 heavy (non-hydrogen) atoms. The van der Waals surface area contributed by atoms with E-state index in [1.165, 1.54) is 0 Å². The number of rotatable bonds is 3. The first kappa shape index (κ1) is 13.9. The first-order valence-electron chi connectivity index (χ1n) is 5.74. The summed E-state index contributed by atoms with van der Waals surface area (Å²) in [7, 11) is 0. The van der Waals surface area contributed by atoms with E-state index in [9.17, 15) is 4.79 Å². The third-order valence-corrected chi connectivity index (χ3v) is 3.40. The van der Waals surface area contributed by atoms with Gasteiger partial charge in [-0.3, -0.25) is 4.79 Å². The molecule has 0 bridgehead atoms. The Morgan fingerprint density at radius 3 is 2.74 bits per heavy atom. The highest BCUT2D eigenvalue weighted by atomic mass is 35.5. The van der Waals surface area contributed by atoms with Gasteiger partial charge in [-0.25, -0.2) is 0 Å². The normalized spacial score (nSPS) is 10.5. The van der Waals surface area contributed by atoms with Crippen LogP contribution in [0.5, 0.6) is 0 Å². The second-order valence-electron chi connectivity index (χ2n) is 4.00. The largest absolute Gasteiger partial charge is 0.360 e. The Bertz CT molecular complexity index is 623. The minimum absolute atomic E-state index is 0.269. The third-order valence-electron chi connectivity index (χ3n) is 2.66. The number of carbonyl (C=O) groups excluding carboxylic acids is 1. The van der Waals surface area contributed by atoms with Gasteiger partial charge >= 0.3 is 0 Å². The molecule has 0 saturated heterocycles. The zero-order chi connectivity index (χ0) is 14.0. The van der Waals surface area contributed by atoms with Crippen molar-refractivity contribution in [1.82, 2.24) is 5.16 Å². The average molecular weight is 299 g/mol. The number of hydrogen-bond acceptors (Lipinski definition) is 3. The lowest BCUT2D eigenvalue weighted by Gasteiger charge is -2.06. The fourth-order valence-electron chi connectivity index (χ4n) is 1.72. The van der Waals surface area contributed by atoms with Gasteiger partial charge in [0.1, 0.15) is 11.3 Å². The Balaban J connectivity index is 2.25. The molecule has 1 aromatic heterocycles. The smallest absolute Gasteiger partial charge is 0.261 e. The molecule has 0 radical (unpaired) electrons. The van der Waals surface area contributed by atoms with Gasteiger partial charge < -0.3 is 9.84 Å². The Kier molecular flexibility index (Phi) is 4.12. The number of anilines is 1. The van der Waals surface area contributed by atoms with Crippen molar-refractivity contribution in [3.63, 3.8) is 0 Å². The lowest BCUT2D eigenvalue weighted by Crippen LogP contribution is -2.14. The van der Waals surface area contributed by atoms with Gasteiger partial charge in [0.15, 0.2) is 0 Å². The maximum atomic E-state index is 12.2. The van der Waals surface area contributed by atoms with Crippen LogP contribution >= 0.6 is 23.2 Å². The predicted molar refractivity (Wildman–Crippen MR) is 75.0 cm³/mol. The summed E-state index contributed by atoms with van der Waals surface area (Å²) in [4.78, 5) is 12.2. The molecule has 0 spiro atoms. The predicted octanol–water partition coefficient (Wildman–Crippen LogP) is 4.10. The molecule has 1 amide bonds. The van der Waals surface area contributed by atoms with Crippen LogP contribution < -0.4 is 5.32 Å². The van der Waals surface area contributed by atoms with E-state index in [0.29, 0.717) is 39.2 Å². The van der Waals surface area contributed by atoms with Crippen molar-refractivity contribution < 1.29 is 9.32 Å². The van der Waals surface area contributed by atoms with Gasteiger partial charge in [0.25, 0.3) is 5.91 Å². The highest BCUT2D eigenvalue weighted by molar-refractivity contribution is 6.42. The number of benzene rings is 1. The van der Waals surface area contributed by atoms with E-state index in [1.54, 1.807) is 25.1 Å². The zero-order valence-corrected chi connectivity index (χ0v) is 12.0. The maximum absolute atomic E-state index is 12.2. The molecule has 0 aliphatic carbocycles. The van der Waals surface area contributed by atoms with E-state index >= 15 is 0 Å². The number of amides is 1. The van der Waals surface area contributed by atoms with Crippen LogP contribution in [0.4, 0.5) is 5.69 Å².